The van der Waals surface area contributed by atoms with E-state index in [0.717, 1.165) is 44.3 Å². The van der Waals surface area contributed by atoms with Crippen LogP contribution in [-0.4, -0.2) is 31.1 Å². The molecule has 8 heteroatoms. The molecule has 2 aromatic carbocycles. The van der Waals surface area contributed by atoms with Crippen LogP contribution in [0.15, 0.2) is 79.3 Å². The Bertz CT molecular complexity index is 1780. The van der Waals surface area contributed by atoms with Crippen molar-refractivity contribution < 1.29 is 9.18 Å². The minimum Gasteiger partial charge on any atom is -0.353 e. The molecule has 0 aliphatic rings. The van der Waals surface area contributed by atoms with E-state index < -0.39 is 0 Å². The molecule has 6 rings (SSSR count). The zero-order chi connectivity index (χ0) is 25.5. The highest BCUT2D eigenvalue weighted by molar-refractivity contribution is 6.01. The van der Waals surface area contributed by atoms with Gasteiger partial charge in [0.15, 0.2) is 0 Å². The van der Waals surface area contributed by atoms with Crippen molar-refractivity contribution in [2.75, 3.05) is 5.32 Å². The first kappa shape index (κ1) is 22.6. The lowest BCUT2D eigenvalue weighted by molar-refractivity contribution is -0.118. The van der Waals surface area contributed by atoms with Crippen LogP contribution in [0.5, 0.6) is 0 Å². The molecule has 0 bridgehead atoms. The molecule has 0 saturated heterocycles. The zero-order valence-electron chi connectivity index (χ0n) is 20.2. The molecular weight excluding hydrogens is 467 g/mol. The van der Waals surface area contributed by atoms with Gasteiger partial charge in [-0.05, 0) is 48.0 Å². The molecule has 0 aliphatic carbocycles. The summed E-state index contributed by atoms with van der Waals surface area (Å²) in [5.74, 6) is -0.487. The van der Waals surface area contributed by atoms with Crippen molar-refractivity contribution in [3.63, 3.8) is 0 Å². The lowest BCUT2D eigenvalue weighted by Crippen LogP contribution is -2.17. The first-order valence-corrected chi connectivity index (χ1v) is 11.9. The van der Waals surface area contributed by atoms with E-state index in [2.05, 4.69) is 36.5 Å². The van der Waals surface area contributed by atoms with Crippen molar-refractivity contribution in [1.82, 2.24) is 25.1 Å². The topological polar surface area (TPSA) is 99.3 Å². The van der Waals surface area contributed by atoms with Gasteiger partial charge in [-0.2, -0.15) is 5.10 Å². The van der Waals surface area contributed by atoms with Crippen LogP contribution in [0, 0.1) is 11.7 Å². The Morgan fingerprint density at radius 3 is 2.59 bits per heavy atom. The molecule has 6 aromatic rings. The Morgan fingerprint density at radius 2 is 1.76 bits per heavy atom. The number of rotatable bonds is 5. The van der Waals surface area contributed by atoms with Crippen molar-refractivity contribution in [2.45, 2.75) is 13.8 Å². The van der Waals surface area contributed by atoms with E-state index in [-0.39, 0.29) is 17.6 Å². The highest BCUT2D eigenvalue weighted by Crippen LogP contribution is 2.34. The van der Waals surface area contributed by atoms with Gasteiger partial charge in [-0.3, -0.25) is 19.9 Å². The third-order valence-corrected chi connectivity index (χ3v) is 6.33. The fourth-order valence-electron chi connectivity index (χ4n) is 4.40. The lowest BCUT2D eigenvalue weighted by Gasteiger charge is -2.09. The molecule has 0 spiro atoms. The summed E-state index contributed by atoms with van der Waals surface area (Å²) in [7, 11) is 0. The number of carbonyl (C=O) groups excluding carboxylic acids is 1. The van der Waals surface area contributed by atoms with Crippen molar-refractivity contribution in [3.8, 4) is 33.8 Å². The summed E-state index contributed by atoms with van der Waals surface area (Å²) in [5.41, 5.74) is 7.24. The second-order valence-electron chi connectivity index (χ2n) is 9.25. The molecule has 0 fully saturated rings. The second-order valence-corrected chi connectivity index (χ2v) is 9.25. The summed E-state index contributed by atoms with van der Waals surface area (Å²) < 4.78 is 13.9. The zero-order valence-corrected chi connectivity index (χ0v) is 20.2. The van der Waals surface area contributed by atoms with Gasteiger partial charge in [0, 0.05) is 45.7 Å². The number of benzene rings is 2. The number of halogens is 1. The van der Waals surface area contributed by atoms with Crippen LogP contribution in [0.25, 0.3) is 55.6 Å². The van der Waals surface area contributed by atoms with Crippen LogP contribution in [0.3, 0.4) is 0 Å². The monoisotopic (exact) mass is 490 g/mol. The number of pyridine rings is 2. The van der Waals surface area contributed by atoms with Gasteiger partial charge < -0.3 is 10.3 Å². The number of aromatic nitrogens is 5. The van der Waals surface area contributed by atoms with E-state index in [4.69, 9.17) is 0 Å². The Kier molecular flexibility index (Phi) is 5.49. The van der Waals surface area contributed by atoms with Gasteiger partial charge >= 0.3 is 0 Å². The highest BCUT2D eigenvalue weighted by Gasteiger charge is 2.16. The highest BCUT2D eigenvalue weighted by atomic mass is 19.1. The number of aromatic amines is 2. The van der Waals surface area contributed by atoms with Gasteiger partial charge in [0.2, 0.25) is 5.91 Å². The molecule has 0 radical (unpaired) electrons. The third-order valence-electron chi connectivity index (χ3n) is 6.33. The van der Waals surface area contributed by atoms with E-state index >= 15 is 0 Å². The van der Waals surface area contributed by atoms with Crippen molar-refractivity contribution in [2.24, 2.45) is 5.92 Å². The standard InChI is InChI=1S/C29H23FN6O/c1-16(2)29(37)33-21-11-19(14-31-15-21)17-6-7-25-22(12-17)28(36-35-25)26-13-23-24(34-26)8-9-32-27(23)18-4-3-5-20(30)10-18/h3-16,34H,1-2H3,(H,33,37)(H,35,36). The normalized spacial score (nSPS) is 11.5. The molecule has 0 saturated carbocycles. The van der Waals surface area contributed by atoms with Gasteiger partial charge in [0.05, 0.1) is 28.8 Å². The molecule has 0 aliphatic heterocycles. The number of anilines is 1. The maximum absolute atomic E-state index is 13.9. The number of nitrogens with zero attached hydrogens (tertiary/aromatic N) is 3. The van der Waals surface area contributed by atoms with E-state index in [1.54, 1.807) is 24.7 Å². The van der Waals surface area contributed by atoms with Crippen LogP contribution in [-0.2, 0) is 4.79 Å². The Hall–Kier alpha value is -4.85. The predicted octanol–water partition coefficient (Wildman–Crippen LogP) is 6.57. The molecule has 0 atom stereocenters. The average molecular weight is 491 g/mol. The lowest BCUT2D eigenvalue weighted by atomic mass is 10.0. The first-order chi connectivity index (χ1) is 18.0. The molecular formula is C29H23FN6O. The van der Waals surface area contributed by atoms with Crippen LogP contribution in [0.4, 0.5) is 10.1 Å². The van der Waals surface area contributed by atoms with Crippen LogP contribution in [0.1, 0.15) is 13.8 Å². The number of H-pyrrole nitrogens is 2. The predicted molar refractivity (Wildman–Crippen MR) is 143 cm³/mol. The van der Waals surface area contributed by atoms with Gasteiger partial charge in [0.25, 0.3) is 0 Å². The minimum atomic E-state index is -0.305. The van der Waals surface area contributed by atoms with E-state index in [1.165, 1.54) is 12.1 Å². The number of amides is 1. The summed E-state index contributed by atoms with van der Waals surface area (Å²) in [4.78, 5) is 24.4. The summed E-state index contributed by atoms with van der Waals surface area (Å²) in [6.07, 6.45) is 5.12. The van der Waals surface area contributed by atoms with Crippen molar-refractivity contribution in [1.29, 1.82) is 0 Å². The largest absolute Gasteiger partial charge is 0.353 e. The van der Waals surface area contributed by atoms with E-state index in [9.17, 15) is 9.18 Å². The molecule has 4 heterocycles. The summed E-state index contributed by atoms with van der Waals surface area (Å²) in [5, 5.41) is 12.4. The smallest absolute Gasteiger partial charge is 0.226 e. The summed E-state index contributed by atoms with van der Waals surface area (Å²) >= 11 is 0. The number of fused-ring (bicyclic) bond motifs is 2. The molecule has 0 unspecified atom stereocenters. The molecule has 3 N–H and O–H groups in total. The third kappa shape index (κ3) is 4.23. The maximum Gasteiger partial charge on any atom is 0.226 e. The number of hydrogen-bond donors (Lipinski definition) is 3. The molecule has 37 heavy (non-hydrogen) atoms. The van der Waals surface area contributed by atoms with Crippen LogP contribution in [0.2, 0.25) is 0 Å². The minimum absolute atomic E-state index is 0.0579. The number of hydrogen-bond acceptors (Lipinski definition) is 4. The van der Waals surface area contributed by atoms with E-state index in [0.29, 0.717) is 16.9 Å². The number of nitrogens with one attached hydrogen (secondary N) is 3. The Labute approximate surface area is 211 Å². The van der Waals surface area contributed by atoms with E-state index in [1.807, 2.05) is 50.2 Å². The average Bonchev–Trinajstić information content (AvgIpc) is 3.52. The fraction of sp³-hybridized carbons (Fsp3) is 0.103. The first-order valence-electron chi connectivity index (χ1n) is 11.9. The molecule has 182 valence electrons. The SMILES string of the molecule is CC(C)C(=O)Nc1cncc(-c2ccc3[nH]nc(-c4cc5c(-c6cccc(F)c6)nccc5[nH]4)c3c2)c1. The Balaban J connectivity index is 1.41. The second kappa shape index (κ2) is 8.98. The fourth-order valence-corrected chi connectivity index (χ4v) is 4.40. The van der Waals surface area contributed by atoms with Crippen LogP contribution < -0.4 is 5.32 Å². The van der Waals surface area contributed by atoms with Gasteiger partial charge in [0.1, 0.15) is 11.5 Å². The maximum atomic E-state index is 13.9. The van der Waals surface area contributed by atoms with Crippen molar-refractivity contribution >= 4 is 33.4 Å². The molecule has 1 amide bonds. The Morgan fingerprint density at radius 1 is 0.892 bits per heavy atom. The van der Waals surface area contributed by atoms with Gasteiger partial charge in [-0.25, -0.2) is 4.39 Å². The van der Waals surface area contributed by atoms with Gasteiger partial charge in [-0.1, -0.05) is 32.0 Å². The summed E-state index contributed by atoms with van der Waals surface area (Å²) in [6.45, 7) is 3.70. The summed E-state index contributed by atoms with van der Waals surface area (Å²) in [6, 6.07) is 18.2. The molecule has 4 aromatic heterocycles. The van der Waals surface area contributed by atoms with Crippen LogP contribution >= 0.6 is 0 Å². The molecule has 7 nitrogen and oxygen atoms in total. The van der Waals surface area contributed by atoms with Crippen molar-refractivity contribution in [3.05, 3.63) is 85.1 Å². The number of carbonyl (C=O) groups is 1. The van der Waals surface area contributed by atoms with Gasteiger partial charge in [-0.15, -0.1) is 0 Å². The quantitative estimate of drug-likeness (QED) is 0.254.